The van der Waals surface area contributed by atoms with Crippen LogP contribution in [0.2, 0.25) is 0 Å². The molecule has 2 atom stereocenters. The number of hydrogen-bond acceptors (Lipinski definition) is 5. The van der Waals surface area contributed by atoms with Gasteiger partial charge in [0, 0.05) is 12.5 Å². The SMILES string of the molecule is CC1CC(C(=O)C2CC(OCc3ccccc3)C2)C(=O)N(C(=O)OC(C)(C)C)C1. The van der Waals surface area contributed by atoms with E-state index in [0.29, 0.717) is 32.4 Å². The number of carbonyl (C=O) groups is 3. The van der Waals surface area contributed by atoms with Crippen LogP contribution in [0.25, 0.3) is 0 Å². The van der Waals surface area contributed by atoms with Crippen molar-refractivity contribution in [3.63, 3.8) is 0 Å². The van der Waals surface area contributed by atoms with Crippen molar-refractivity contribution in [1.82, 2.24) is 4.90 Å². The molecule has 0 N–H and O–H groups in total. The van der Waals surface area contributed by atoms with Crippen molar-refractivity contribution < 1.29 is 23.9 Å². The molecular formula is C23H31NO5. The number of ether oxygens (including phenoxy) is 2. The maximum absolute atomic E-state index is 13.0. The van der Waals surface area contributed by atoms with E-state index in [9.17, 15) is 14.4 Å². The zero-order valence-corrected chi connectivity index (χ0v) is 17.7. The van der Waals surface area contributed by atoms with E-state index in [1.807, 2.05) is 37.3 Å². The molecule has 1 saturated heterocycles. The smallest absolute Gasteiger partial charge is 0.417 e. The first kappa shape index (κ1) is 21.5. The molecule has 0 spiro atoms. The molecule has 0 aromatic heterocycles. The molecule has 29 heavy (non-hydrogen) atoms. The zero-order chi connectivity index (χ0) is 21.2. The largest absolute Gasteiger partial charge is 0.443 e. The molecule has 2 fully saturated rings. The summed E-state index contributed by atoms with van der Waals surface area (Å²) in [5, 5.41) is 0. The summed E-state index contributed by atoms with van der Waals surface area (Å²) in [5.41, 5.74) is 0.418. The molecule has 0 bridgehead atoms. The van der Waals surface area contributed by atoms with Gasteiger partial charge in [-0.25, -0.2) is 9.69 Å². The lowest BCUT2D eigenvalue weighted by Gasteiger charge is -2.39. The molecule has 2 aliphatic rings. The number of Topliss-reactive ketones (excluding diaryl/α,β-unsaturated/α-hetero) is 1. The van der Waals surface area contributed by atoms with Crippen LogP contribution in [0.15, 0.2) is 30.3 Å². The Bertz CT molecular complexity index is 748. The maximum atomic E-state index is 13.0. The van der Waals surface area contributed by atoms with E-state index in [2.05, 4.69) is 0 Å². The third kappa shape index (κ3) is 5.44. The molecule has 2 amide bonds. The molecule has 1 aromatic carbocycles. The predicted octanol–water partition coefficient (Wildman–Crippen LogP) is 3.97. The fraction of sp³-hybridized carbons (Fsp3) is 0.609. The fourth-order valence-electron chi connectivity index (χ4n) is 3.89. The van der Waals surface area contributed by atoms with Crippen LogP contribution in [0.5, 0.6) is 0 Å². The van der Waals surface area contributed by atoms with Gasteiger partial charge >= 0.3 is 6.09 Å². The minimum Gasteiger partial charge on any atom is -0.443 e. The first-order valence-electron chi connectivity index (χ1n) is 10.4. The highest BCUT2D eigenvalue weighted by molar-refractivity contribution is 6.07. The Kier molecular flexibility index (Phi) is 6.42. The number of imide groups is 1. The van der Waals surface area contributed by atoms with Crippen LogP contribution < -0.4 is 0 Å². The number of ketones is 1. The summed E-state index contributed by atoms with van der Waals surface area (Å²) in [6, 6.07) is 9.92. The van der Waals surface area contributed by atoms with Crippen LogP contribution in [0.3, 0.4) is 0 Å². The highest BCUT2D eigenvalue weighted by atomic mass is 16.6. The average molecular weight is 402 g/mol. The number of amides is 2. The highest BCUT2D eigenvalue weighted by Crippen LogP contribution is 2.36. The van der Waals surface area contributed by atoms with Crippen molar-refractivity contribution in [3.05, 3.63) is 35.9 Å². The quantitative estimate of drug-likeness (QED) is 0.698. The second-order valence-corrected chi connectivity index (χ2v) is 9.31. The van der Waals surface area contributed by atoms with Crippen LogP contribution in [0.4, 0.5) is 4.79 Å². The van der Waals surface area contributed by atoms with Gasteiger partial charge in [-0.15, -0.1) is 0 Å². The molecular weight excluding hydrogens is 370 g/mol. The fourth-order valence-corrected chi connectivity index (χ4v) is 3.89. The Morgan fingerprint density at radius 1 is 1.10 bits per heavy atom. The van der Waals surface area contributed by atoms with E-state index in [0.717, 1.165) is 10.5 Å². The number of benzene rings is 1. The molecule has 0 radical (unpaired) electrons. The van der Waals surface area contributed by atoms with E-state index in [4.69, 9.17) is 9.47 Å². The van der Waals surface area contributed by atoms with E-state index in [1.165, 1.54) is 0 Å². The van der Waals surface area contributed by atoms with Gasteiger partial charge in [0.1, 0.15) is 11.4 Å². The number of hydrogen-bond donors (Lipinski definition) is 0. The van der Waals surface area contributed by atoms with Crippen LogP contribution in [-0.2, 0) is 25.7 Å². The minimum atomic E-state index is -0.758. The van der Waals surface area contributed by atoms with Crippen molar-refractivity contribution in [2.24, 2.45) is 17.8 Å². The summed E-state index contributed by atoms with van der Waals surface area (Å²) in [4.78, 5) is 39.3. The van der Waals surface area contributed by atoms with Crippen molar-refractivity contribution in [2.75, 3.05) is 6.54 Å². The summed E-state index contributed by atoms with van der Waals surface area (Å²) in [6.07, 6.45) is 1.14. The predicted molar refractivity (Wildman–Crippen MR) is 108 cm³/mol. The zero-order valence-electron chi connectivity index (χ0n) is 17.7. The Morgan fingerprint density at radius 2 is 1.76 bits per heavy atom. The third-order valence-electron chi connectivity index (χ3n) is 5.48. The van der Waals surface area contributed by atoms with Gasteiger partial charge in [0.15, 0.2) is 0 Å². The van der Waals surface area contributed by atoms with Gasteiger partial charge in [0.05, 0.1) is 18.6 Å². The van der Waals surface area contributed by atoms with Crippen molar-refractivity contribution in [2.45, 2.75) is 65.3 Å². The van der Waals surface area contributed by atoms with Gasteiger partial charge in [-0.05, 0) is 51.5 Å². The number of likely N-dealkylation sites (tertiary alicyclic amines) is 1. The van der Waals surface area contributed by atoms with Gasteiger partial charge in [-0.2, -0.15) is 0 Å². The Hall–Kier alpha value is -2.21. The molecule has 1 aliphatic heterocycles. The summed E-state index contributed by atoms with van der Waals surface area (Å²) >= 11 is 0. The molecule has 1 aliphatic carbocycles. The summed E-state index contributed by atoms with van der Waals surface area (Å²) in [5.74, 6) is -1.34. The number of nitrogens with zero attached hydrogens (tertiary/aromatic N) is 1. The number of piperidine rings is 1. The van der Waals surface area contributed by atoms with Gasteiger partial charge in [0.2, 0.25) is 5.91 Å². The number of rotatable bonds is 5. The van der Waals surface area contributed by atoms with Gasteiger partial charge in [-0.3, -0.25) is 9.59 Å². The molecule has 2 unspecified atom stereocenters. The standard InChI is InChI=1S/C23H31NO5/c1-15-10-19(21(26)24(13-15)22(27)29-23(2,3)4)20(25)17-11-18(12-17)28-14-16-8-6-5-7-9-16/h5-9,15,17-19H,10-14H2,1-4H3. The van der Waals surface area contributed by atoms with E-state index >= 15 is 0 Å². The molecule has 158 valence electrons. The number of carbonyl (C=O) groups excluding carboxylic acids is 3. The van der Waals surface area contributed by atoms with Gasteiger partial charge in [-0.1, -0.05) is 37.3 Å². The second-order valence-electron chi connectivity index (χ2n) is 9.31. The Labute approximate surface area is 172 Å². The van der Waals surface area contributed by atoms with Crippen LogP contribution in [0.1, 0.15) is 52.5 Å². The van der Waals surface area contributed by atoms with Crippen molar-refractivity contribution in [3.8, 4) is 0 Å². The first-order valence-corrected chi connectivity index (χ1v) is 10.4. The first-order chi connectivity index (χ1) is 13.6. The van der Waals surface area contributed by atoms with E-state index in [1.54, 1.807) is 20.8 Å². The summed E-state index contributed by atoms with van der Waals surface area (Å²) in [6.45, 7) is 8.06. The van der Waals surface area contributed by atoms with Crippen LogP contribution in [-0.4, -0.2) is 40.9 Å². The van der Waals surface area contributed by atoms with Crippen LogP contribution >= 0.6 is 0 Å². The second kappa shape index (κ2) is 8.66. The van der Waals surface area contributed by atoms with Gasteiger partial charge in [0.25, 0.3) is 0 Å². The van der Waals surface area contributed by atoms with Crippen LogP contribution in [0, 0.1) is 17.8 Å². The van der Waals surface area contributed by atoms with E-state index in [-0.39, 0.29) is 23.7 Å². The molecule has 6 nitrogen and oxygen atoms in total. The third-order valence-corrected chi connectivity index (χ3v) is 5.48. The molecule has 1 saturated carbocycles. The lowest BCUT2D eigenvalue weighted by Crippen LogP contribution is -2.53. The maximum Gasteiger partial charge on any atom is 0.417 e. The molecule has 6 heteroatoms. The normalized spacial score (nSPS) is 27.3. The average Bonchev–Trinajstić information content (AvgIpc) is 2.61. The minimum absolute atomic E-state index is 0.0437. The molecule has 3 rings (SSSR count). The monoisotopic (exact) mass is 401 g/mol. The van der Waals surface area contributed by atoms with E-state index < -0.39 is 23.5 Å². The lowest BCUT2D eigenvalue weighted by molar-refractivity contribution is -0.150. The Balaban J connectivity index is 1.53. The lowest BCUT2D eigenvalue weighted by atomic mass is 9.72. The topological polar surface area (TPSA) is 72.9 Å². The summed E-state index contributed by atoms with van der Waals surface area (Å²) < 4.78 is 11.2. The Morgan fingerprint density at radius 3 is 2.38 bits per heavy atom. The van der Waals surface area contributed by atoms with Gasteiger partial charge < -0.3 is 9.47 Å². The molecule has 1 heterocycles. The summed E-state index contributed by atoms with van der Waals surface area (Å²) in [7, 11) is 0. The van der Waals surface area contributed by atoms with Crippen molar-refractivity contribution >= 4 is 17.8 Å². The van der Waals surface area contributed by atoms with Crippen molar-refractivity contribution in [1.29, 1.82) is 0 Å². The molecule has 1 aromatic rings. The highest BCUT2D eigenvalue weighted by Gasteiger charge is 2.46.